The lowest BCUT2D eigenvalue weighted by Gasteiger charge is -2.01. The zero-order valence-corrected chi connectivity index (χ0v) is 7.50. The quantitative estimate of drug-likeness (QED) is 0.207. The number of hydrogen-bond acceptors (Lipinski definition) is 3. The van der Waals surface area contributed by atoms with Crippen LogP contribution in [0.3, 0.4) is 0 Å². The highest BCUT2D eigenvalue weighted by Crippen LogP contribution is 1.96. The summed E-state index contributed by atoms with van der Waals surface area (Å²) in [6.07, 6.45) is 2.98. The van der Waals surface area contributed by atoms with Crippen LogP contribution in [0.15, 0.2) is 24.5 Å². The van der Waals surface area contributed by atoms with Gasteiger partial charge in [-0.05, 0) is 13.8 Å². The molecule has 3 heteroatoms. The van der Waals surface area contributed by atoms with E-state index in [0.717, 1.165) is 0 Å². The fraction of sp³-hybridized carbons (Fsp3) is 0.444. The summed E-state index contributed by atoms with van der Waals surface area (Å²) in [6, 6.07) is 0. The lowest BCUT2D eigenvalue weighted by atomic mass is 10.3. The van der Waals surface area contributed by atoms with Crippen molar-refractivity contribution in [2.75, 3.05) is 13.2 Å². The number of carbonyl (C=O) groups excluding carboxylic acids is 1. The Morgan fingerprint density at radius 3 is 2.75 bits per heavy atom. The van der Waals surface area contributed by atoms with Gasteiger partial charge in [-0.1, -0.05) is 12.7 Å². The molecule has 0 amide bonds. The summed E-state index contributed by atoms with van der Waals surface area (Å²) < 4.78 is 9.65. The molecule has 0 aromatic rings. The van der Waals surface area contributed by atoms with E-state index in [0.29, 0.717) is 18.8 Å². The molecule has 0 aromatic heterocycles. The number of ether oxygens (including phenoxy) is 2. The van der Waals surface area contributed by atoms with E-state index in [-0.39, 0.29) is 5.97 Å². The van der Waals surface area contributed by atoms with Crippen LogP contribution < -0.4 is 0 Å². The zero-order chi connectivity index (χ0) is 9.40. The van der Waals surface area contributed by atoms with E-state index >= 15 is 0 Å². The summed E-state index contributed by atoms with van der Waals surface area (Å²) in [6.45, 7) is 7.65. The van der Waals surface area contributed by atoms with Crippen LogP contribution in [0.1, 0.15) is 13.8 Å². The highest BCUT2D eigenvalue weighted by Gasteiger charge is 2.03. The van der Waals surface area contributed by atoms with Crippen LogP contribution in [-0.2, 0) is 14.3 Å². The predicted octanol–water partition coefficient (Wildman–Crippen LogP) is 1.66. The van der Waals surface area contributed by atoms with Crippen LogP contribution in [0.25, 0.3) is 0 Å². The Balaban J connectivity index is 3.81. The van der Waals surface area contributed by atoms with E-state index in [1.165, 1.54) is 6.26 Å². The van der Waals surface area contributed by atoms with Gasteiger partial charge in [-0.25, -0.2) is 4.79 Å². The summed E-state index contributed by atoms with van der Waals surface area (Å²) >= 11 is 0. The van der Waals surface area contributed by atoms with Gasteiger partial charge in [-0.2, -0.15) is 0 Å². The summed E-state index contributed by atoms with van der Waals surface area (Å²) in [5, 5.41) is 0. The molecule has 0 radical (unpaired) electrons. The molecule has 0 aliphatic heterocycles. The Morgan fingerprint density at radius 2 is 2.25 bits per heavy atom. The molecule has 12 heavy (non-hydrogen) atoms. The Labute approximate surface area is 72.7 Å². The van der Waals surface area contributed by atoms with Crippen LogP contribution in [0.4, 0.5) is 0 Å². The van der Waals surface area contributed by atoms with Gasteiger partial charge in [0.15, 0.2) is 0 Å². The van der Waals surface area contributed by atoms with Gasteiger partial charge >= 0.3 is 5.97 Å². The average molecular weight is 170 g/mol. The first-order chi connectivity index (χ1) is 5.72. The standard InChI is InChI=1S/C9H14O3/c1-4-6-11-7-8(3)9(10)12-5-2/h4,7H,1,5-6H2,2-3H3/b8-7+. The highest BCUT2D eigenvalue weighted by atomic mass is 16.5. The third kappa shape index (κ3) is 4.55. The van der Waals surface area contributed by atoms with Crippen LogP contribution in [0.2, 0.25) is 0 Å². The first-order valence-corrected chi connectivity index (χ1v) is 3.78. The normalized spacial score (nSPS) is 10.7. The molecule has 0 aromatic carbocycles. The average Bonchev–Trinajstić information content (AvgIpc) is 2.05. The molecule has 3 nitrogen and oxygen atoms in total. The first kappa shape index (κ1) is 10.8. The monoisotopic (exact) mass is 170 g/mol. The molecule has 0 fully saturated rings. The molecule has 0 bridgehead atoms. The molecule has 0 saturated heterocycles. The van der Waals surface area contributed by atoms with Crippen molar-refractivity contribution in [1.82, 2.24) is 0 Å². The molecule has 0 rings (SSSR count). The van der Waals surface area contributed by atoms with Gasteiger partial charge in [-0.15, -0.1) is 0 Å². The molecule has 0 spiro atoms. The van der Waals surface area contributed by atoms with Gasteiger partial charge < -0.3 is 9.47 Å². The van der Waals surface area contributed by atoms with Crippen molar-refractivity contribution < 1.29 is 14.3 Å². The molecule has 0 unspecified atom stereocenters. The second kappa shape index (κ2) is 6.46. The Morgan fingerprint density at radius 1 is 1.58 bits per heavy atom. The molecular formula is C9H14O3. The maximum absolute atomic E-state index is 10.9. The van der Waals surface area contributed by atoms with Crippen molar-refractivity contribution in [3.05, 3.63) is 24.5 Å². The second-order valence-electron chi connectivity index (χ2n) is 2.14. The number of rotatable bonds is 5. The lowest BCUT2D eigenvalue weighted by Crippen LogP contribution is -2.05. The first-order valence-electron chi connectivity index (χ1n) is 3.78. The third-order valence-electron chi connectivity index (χ3n) is 1.07. The van der Waals surface area contributed by atoms with E-state index in [2.05, 4.69) is 6.58 Å². The van der Waals surface area contributed by atoms with Gasteiger partial charge in [0.05, 0.1) is 18.4 Å². The minimum Gasteiger partial charge on any atom is -0.497 e. The van der Waals surface area contributed by atoms with Gasteiger partial charge in [0.1, 0.15) is 6.61 Å². The fourth-order valence-corrected chi connectivity index (χ4v) is 0.534. The summed E-state index contributed by atoms with van der Waals surface area (Å²) in [4.78, 5) is 10.9. The predicted molar refractivity (Wildman–Crippen MR) is 46.5 cm³/mol. The van der Waals surface area contributed by atoms with E-state index in [4.69, 9.17) is 9.47 Å². The molecule has 0 aliphatic carbocycles. The number of hydrogen-bond donors (Lipinski definition) is 0. The van der Waals surface area contributed by atoms with Crippen molar-refractivity contribution in [1.29, 1.82) is 0 Å². The fourth-order valence-electron chi connectivity index (χ4n) is 0.534. The van der Waals surface area contributed by atoms with Crippen molar-refractivity contribution in [2.24, 2.45) is 0 Å². The molecule has 0 saturated carbocycles. The van der Waals surface area contributed by atoms with Gasteiger partial charge in [-0.3, -0.25) is 0 Å². The van der Waals surface area contributed by atoms with Crippen molar-refractivity contribution >= 4 is 5.97 Å². The zero-order valence-electron chi connectivity index (χ0n) is 7.50. The topological polar surface area (TPSA) is 35.5 Å². The van der Waals surface area contributed by atoms with Crippen LogP contribution in [0, 0.1) is 0 Å². The van der Waals surface area contributed by atoms with Gasteiger partial charge in [0, 0.05) is 0 Å². The number of esters is 1. The number of carbonyl (C=O) groups is 1. The molecule has 0 aliphatic rings. The van der Waals surface area contributed by atoms with Crippen LogP contribution >= 0.6 is 0 Å². The Hall–Kier alpha value is -1.25. The van der Waals surface area contributed by atoms with E-state index in [1.54, 1.807) is 19.9 Å². The molecule has 0 atom stereocenters. The maximum Gasteiger partial charge on any atom is 0.336 e. The van der Waals surface area contributed by atoms with E-state index in [1.807, 2.05) is 0 Å². The SMILES string of the molecule is C=CCO/C=C(\C)C(=O)OCC. The van der Waals surface area contributed by atoms with Crippen molar-refractivity contribution in [3.63, 3.8) is 0 Å². The summed E-state index contributed by atoms with van der Waals surface area (Å²) in [5.41, 5.74) is 0.457. The Kier molecular flexibility index (Phi) is 5.79. The summed E-state index contributed by atoms with van der Waals surface area (Å²) in [5.74, 6) is -0.346. The maximum atomic E-state index is 10.9. The van der Waals surface area contributed by atoms with Gasteiger partial charge in [0.25, 0.3) is 0 Å². The second-order valence-corrected chi connectivity index (χ2v) is 2.14. The minimum atomic E-state index is -0.346. The van der Waals surface area contributed by atoms with E-state index in [9.17, 15) is 4.79 Å². The largest absolute Gasteiger partial charge is 0.497 e. The molecule has 0 heterocycles. The van der Waals surface area contributed by atoms with E-state index < -0.39 is 0 Å². The molecule has 0 N–H and O–H groups in total. The smallest absolute Gasteiger partial charge is 0.336 e. The third-order valence-corrected chi connectivity index (χ3v) is 1.07. The summed E-state index contributed by atoms with van der Waals surface area (Å²) in [7, 11) is 0. The lowest BCUT2D eigenvalue weighted by molar-refractivity contribution is -0.138. The minimum absolute atomic E-state index is 0.346. The van der Waals surface area contributed by atoms with Crippen molar-refractivity contribution in [2.45, 2.75) is 13.8 Å². The molecular weight excluding hydrogens is 156 g/mol. The van der Waals surface area contributed by atoms with Crippen LogP contribution in [-0.4, -0.2) is 19.2 Å². The molecule has 68 valence electrons. The highest BCUT2D eigenvalue weighted by molar-refractivity contribution is 5.87. The van der Waals surface area contributed by atoms with Crippen molar-refractivity contribution in [3.8, 4) is 0 Å². The van der Waals surface area contributed by atoms with Crippen LogP contribution in [0.5, 0.6) is 0 Å². The van der Waals surface area contributed by atoms with Gasteiger partial charge in [0.2, 0.25) is 0 Å². The Bertz CT molecular complexity index is 182.